The summed E-state index contributed by atoms with van der Waals surface area (Å²) < 4.78 is 5.34. The smallest absolute Gasteiger partial charge is 0.324 e. The molecule has 10 heteroatoms. The van der Waals surface area contributed by atoms with E-state index in [-0.39, 0.29) is 31.3 Å². The highest BCUT2D eigenvalue weighted by Crippen LogP contribution is 2.31. The van der Waals surface area contributed by atoms with Crippen molar-refractivity contribution in [3.05, 3.63) is 69.8 Å². The van der Waals surface area contributed by atoms with Gasteiger partial charge in [-0.15, -0.1) is 0 Å². The molecule has 8 nitrogen and oxygen atoms in total. The van der Waals surface area contributed by atoms with E-state index in [1.165, 1.54) is 0 Å². The number of anilines is 1. The standard InChI is InChI=1S/C22H18Cl2N4O4/c23-17-7-3-14(9-18(17)24)21-15(10-26-32-21)4-8-19(29)27-16-5-1-13(2-6-16)12-28-20(30)11-25-22(28)31/h1-3,5-7,9-10H,4,8,11-12H2,(H,25,31)(H,27,29). The van der Waals surface area contributed by atoms with Crippen LogP contribution < -0.4 is 10.6 Å². The summed E-state index contributed by atoms with van der Waals surface area (Å²) >= 11 is 12.0. The van der Waals surface area contributed by atoms with Crippen molar-refractivity contribution in [1.82, 2.24) is 15.4 Å². The van der Waals surface area contributed by atoms with E-state index in [4.69, 9.17) is 27.7 Å². The van der Waals surface area contributed by atoms with Gasteiger partial charge in [-0.05, 0) is 42.3 Å². The van der Waals surface area contributed by atoms with Gasteiger partial charge in [0.25, 0.3) is 0 Å². The van der Waals surface area contributed by atoms with E-state index >= 15 is 0 Å². The molecule has 3 aromatic rings. The van der Waals surface area contributed by atoms with Crippen molar-refractivity contribution in [2.24, 2.45) is 0 Å². The molecule has 2 N–H and O–H groups in total. The second kappa shape index (κ2) is 9.42. The van der Waals surface area contributed by atoms with Crippen LogP contribution in [-0.4, -0.2) is 34.4 Å². The molecule has 164 valence electrons. The summed E-state index contributed by atoms with van der Waals surface area (Å²) in [5.74, 6) is 0.107. The zero-order valence-electron chi connectivity index (χ0n) is 16.7. The molecule has 1 aromatic heterocycles. The number of carbonyl (C=O) groups is 3. The minimum atomic E-state index is -0.402. The third-order valence-electron chi connectivity index (χ3n) is 4.96. The van der Waals surface area contributed by atoms with Crippen molar-refractivity contribution < 1.29 is 18.9 Å². The van der Waals surface area contributed by atoms with Crippen molar-refractivity contribution in [2.75, 3.05) is 11.9 Å². The first-order valence-electron chi connectivity index (χ1n) is 9.76. The second-order valence-corrected chi connectivity index (χ2v) is 8.01. The molecule has 0 aliphatic carbocycles. The largest absolute Gasteiger partial charge is 0.356 e. The van der Waals surface area contributed by atoms with Gasteiger partial charge in [0.15, 0.2) is 5.76 Å². The molecular formula is C22H18Cl2N4O4. The van der Waals surface area contributed by atoms with Crippen LogP contribution in [0, 0.1) is 0 Å². The molecule has 4 rings (SSSR count). The highest BCUT2D eigenvalue weighted by Gasteiger charge is 2.28. The summed E-state index contributed by atoms with van der Waals surface area (Å²) in [6.07, 6.45) is 2.23. The summed E-state index contributed by atoms with van der Waals surface area (Å²) in [6, 6.07) is 11.7. The normalized spacial score (nSPS) is 13.4. The van der Waals surface area contributed by atoms with Crippen LogP contribution in [0.25, 0.3) is 11.3 Å². The predicted molar refractivity (Wildman–Crippen MR) is 119 cm³/mol. The maximum absolute atomic E-state index is 12.4. The van der Waals surface area contributed by atoms with Crippen molar-refractivity contribution in [2.45, 2.75) is 19.4 Å². The molecule has 0 spiro atoms. The predicted octanol–water partition coefficient (Wildman–Crippen LogP) is 4.27. The number of imide groups is 1. The van der Waals surface area contributed by atoms with Crippen LogP contribution in [0.1, 0.15) is 17.5 Å². The fourth-order valence-corrected chi connectivity index (χ4v) is 3.57. The number of hydrogen-bond donors (Lipinski definition) is 2. The summed E-state index contributed by atoms with van der Waals surface area (Å²) in [5, 5.41) is 9.99. The lowest BCUT2D eigenvalue weighted by atomic mass is 10.1. The van der Waals surface area contributed by atoms with Gasteiger partial charge in [-0.1, -0.05) is 40.5 Å². The van der Waals surface area contributed by atoms with Crippen molar-refractivity contribution in [3.8, 4) is 11.3 Å². The van der Waals surface area contributed by atoms with Gasteiger partial charge in [0.1, 0.15) is 0 Å². The third-order valence-corrected chi connectivity index (χ3v) is 5.70. The lowest BCUT2D eigenvalue weighted by Gasteiger charge is -2.13. The Morgan fingerprint density at radius 2 is 1.91 bits per heavy atom. The number of rotatable bonds is 7. The van der Waals surface area contributed by atoms with Crippen LogP contribution in [-0.2, 0) is 22.6 Å². The van der Waals surface area contributed by atoms with E-state index in [0.29, 0.717) is 27.9 Å². The summed E-state index contributed by atoms with van der Waals surface area (Å²) in [5.41, 5.74) is 2.91. The van der Waals surface area contributed by atoms with E-state index in [1.807, 2.05) is 0 Å². The number of nitrogens with zero attached hydrogens (tertiary/aromatic N) is 2. The van der Waals surface area contributed by atoms with Crippen molar-refractivity contribution >= 4 is 46.7 Å². The van der Waals surface area contributed by atoms with E-state index in [1.54, 1.807) is 48.7 Å². The Kier molecular flexibility index (Phi) is 6.43. The molecule has 0 atom stereocenters. The molecule has 0 unspecified atom stereocenters. The molecule has 1 fully saturated rings. The van der Waals surface area contributed by atoms with Crippen LogP contribution in [0.4, 0.5) is 10.5 Å². The highest BCUT2D eigenvalue weighted by molar-refractivity contribution is 6.42. The average molecular weight is 473 g/mol. The van der Waals surface area contributed by atoms with Crippen molar-refractivity contribution in [1.29, 1.82) is 0 Å². The maximum atomic E-state index is 12.4. The van der Waals surface area contributed by atoms with Crippen LogP contribution in [0.3, 0.4) is 0 Å². The lowest BCUT2D eigenvalue weighted by Crippen LogP contribution is -2.30. The maximum Gasteiger partial charge on any atom is 0.324 e. The fraction of sp³-hybridized carbons (Fsp3) is 0.182. The summed E-state index contributed by atoms with van der Waals surface area (Å²) in [6.45, 7) is 0.204. The molecular weight excluding hydrogens is 455 g/mol. The zero-order valence-corrected chi connectivity index (χ0v) is 18.2. The van der Waals surface area contributed by atoms with Crippen LogP contribution in [0.15, 0.2) is 53.2 Å². The quantitative estimate of drug-likeness (QED) is 0.499. The first kappa shape index (κ1) is 21.9. The number of aromatic nitrogens is 1. The minimum absolute atomic E-state index is 0.0198. The summed E-state index contributed by atoms with van der Waals surface area (Å²) in [4.78, 5) is 36.9. The summed E-state index contributed by atoms with van der Waals surface area (Å²) in [7, 11) is 0. The highest BCUT2D eigenvalue weighted by atomic mass is 35.5. The number of carbonyl (C=O) groups excluding carboxylic acids is 3. The number of urea groups is 1. The van der Waals surface area contributed by atoms with E-state index < -0.39 is 6.03 Å². The van der Waals surface area contributed by atoms with E-state index in [2.05, 4.69) is 15.8 Å². The molecule has 2 aromatic carbocycles. The van der Waals surface area contributed by atoms with Gasteiger partial charge >= 0.3 is 6.03 Å². The molecule has 32 heavy (non-hydrogen) atoms. The fourth-order valence-electron chi connectivity index (χ4n) is 3.28. The van der Waals surface area contributed by atoms with Crippen LogP contribution >= 0.6 is 23.2 Å². The first-order valence-corrected chi connectivity index (χ1v) is 10.5. The number of benzene rings is 2. The minimum Gasteiger partial charge on any atom is -0.356 e. The van der Waals surface area contributed by atoms with Crippen LogP contribution in [0.5, 0.6) is 0 Å². The van der Waals surface area contributed by atoms with Gasteiger partial charge in [-0.3, -0.25) is 14.5 Å². The second-order valence-electron chi connectivity index (χ2n) is 7.19. The number of aryl methyl sites for hydroxylation is 1. The number of hydrogen-bond acceptors (Lipinski definition) is 5. The SMILES string of the molecule is O=C(CCc1cnoc1-c1ccc(Cl)c(Cl)c1)Nc1ccc(CN2C(=O)CNC2=O)cc1. The monoisotopic (exact) mass is 472 g/mol. The molecule has 0 bridgehead atoms. The molecule has 4 amide bonds. The Balaban J connectivity index is 1.33. The van der Waals surface area contributed by atoms with Gasteiger partial charge in [0.05, 0.1) is 29.3 Å². The van der Waals surface area contributed by atoms with E-state index in [9.17, 15) is 14.4 Å². The molecule has 1 saturated heterocycles. The third kappa shape index (κ3) is 4.92. The zero-order chi connectivity index (χ0) is 22.7. The Morgan fingerprint density at radius 1 is 1.12 bits per heavy atom. The first-order chi connectivity index (χ1) is 15.4. The van der Waals surface area contributed by atoms with Crippen molar-refractivity contribution in [3.63, 3.8) is 0 Å². The van der Waals surface area contributed by atoms with Gasteiger partial charge in [-0.25, -0.2) is 4.79 Å². The van der Waals surface area contributed by atoms with E-state index in [0.717, 1.165) is 21.6 Å². The molecule has 0 saturated carbocycles. The van der Waals surface area contributed by atoms with Gasteiger partial charge in [-0.2, -0.15) is 0 Å². The van der Waals surface area contributed by atoms with Gasteiger partial charge in [0, 0.05) is 23.2 Å². The Hall–Kier alpha value is -3.36. The topological polar surface area (TPSA) is 105 Å². The molecule has 1 aliphatic heterocycles. The van der Waals surface area contributed by atoms with Gasteiger partial charge < -0.3 is 15.2 Å². The molecule has 0 radical (unpaired) electrons. The number of amides is 4. The molecule has 2 heterocycles. The van der Waals surface area contributed by atoms with Gasteiger partial charge in [0.2, 0.25) is 11.8 Å². The number of halogens is 2. The molecule has 1 aliphatic rings. The number of nitrogens with one attached hydrogen (secondary N) is 2. The lowest BCUT2D eigenvalue weighted by molar-refractivity contribution is -0.125. The Labute approximate surface area is 193 Å². The average Bonchev–Trinajstić information content (AvgIpc) is 3.37. The Morgan fingerprint density at radius 3 is 2.59 bits per heavy atom. The Bertz CT molecular complexity index is 1160. The van der Waals surface area contributed by atoms with Crippen LogP contribution in [0.2, 0.25) is 10.0 Å².